The Balaban J connectivity index is 1.32. The zero-order chi connectivity index (χ0) is 21.6. The Kier molecular flexibility index (Phi) is 5.35. The quantitative estimate of drug-likeness (QED) is 0.729. The van der Waals surface area contributed by atoms with E-state index in [1.807, 2.05) is 18.2 Å². The van der Waals surface area contributed by atoms with Gasteiger partial charge in [0.05, 0.1) is 6.10 Å². The summed E-state index contributed by atoms with van der Waals surface area (Å²) >= 11 is 0. The highest BCUT2D eigenvalue weighted by molar-refractivity contribution is 7.84. The number of fused-ring (bicyclic) bond motifs is 5. The van der Waals surface area contributed by atoms with Gasteiger partial charge in [-0.2, -0.15) is 8.42 Å². The minimum absolute atomic E-state index is 0.107. The van der Waals surface area contributed by atoms with Gasteiger partial charge in [-0.25, -0.2) is 5.14 Å². The van der Waals surface area contributed by atoms with Gasteiger partial charge < -0.3 is 4.74 Å². The van der Waals surface area contributed by atoms with Crippen molar-refractivity contribution >= 4 is 10.3 Å². The molecule has 5 nitrogen and oxygen atoms in total. The van der Waals surface area contributed by atoms with Crippen molar-refractivity contribution in [3.8, 4) is 5.75 Å². The molecule has 0 heterocycles. The molecule has 0 amide bonds. The Morgan fingerprint density at radius 2 is 1.87 bits per heavy atom. The molecule has 3 aliphatic rings. The molecule has 3 aliphatic carbocycles. The Labute approximate surface area is 185 Å². The number of nitrogens with two attached hydrogens (primary N) is 1. The van der Waals surface area contributed by atoms with Gasteiger partial charge in [0.25, 0.3) is 0 Å². The number of rotatable bonds is 5. The van der Waals surface area contributed by atoms with Gasteiger partial charge in [0.2, 0.25) is 0 Å². The molecule has 2 N–H and O–H groups in total. The summed E-state index contributed by atoms with van der Waals surface area (Å²) in [4.78, 5) is 0. The van der Waals surface area contributed by atoms with Crippen LogP contribution in [0.15, 0.2) is 48.5 Å². The Morgan fingerprint density at radius 1 is 1.06 bits per heavy atom. The number of ether oxygens (including phenoxy) is 1. The fourth-order valence-electron chi connectivity index (χ4n) is 6.66. The lowest BCUT2D eigenvalue weighted by Crippen LogP contribution is -2.45. The van der Waals surface area contributed by atoms with Gasteiger partial charge in [0, 0.05) is 0 Å². The molecule has 0 aliphatic heterocycles. The third-order valence-electron chi connectivity index (χ3n) is 8.11. The average Bonchev–Trinajstić information content (AvgIpc) is 3.07. The lowest BCUT2D eigenvalue weighted by molar-refractivity contribution is -0.00802. The summed E-state index contributed by atoms with van der Waals surface area (Å²) in [7, 11) is -3.92. The van der Waals surface area contributed by atoms with Crippen LogP contribution in [0.3, 0.4) is 0 Å². The van der Waals surface area contributed by atoms with E-state index in [4.69, 9.17) is 14.1 Å². The van der Waals surface area contributed by atoms with E-state index in [-0.39, 0.29) is 11.5 Å². The third-order valence-corrected chi connectivity index (χ3v) is 8.61. The first-order valence-corrected chi connectivity index (χ1v) is 12.8. The van der Waals surface area contributed by atoms with E-state index in [1.54, 1.807) is 0 Å². The van der Waals surface area contributed by atoms with Crippen LogP contribution in [0.25, 0.3) is 0 Å². The highest BCUT2D eigenvalue weighted by atomic mass is 32.2. The number of hydrogen-bond acceptors (Lipinski definition) is 4. The summed E-state index contributed by atoms with van der Waals surface area (Å²) in [5.74, 6) is 2.54. The summed E-state index contributed by atoms with van der Waals surface area (Å²) in [6, 6.07) is 16.8. The zero-order valence-corrected chi connectivity index (χ0v) is 18.8. The SMILES string of the molecule is C[C@]12CC[C@@H]3c4ccc(OCc5ccccc5)cc4CC[C@H]3[C@@H]1CC[C@H]2OS(N)(=O)=O. The van der Waals surface area contributed by atoms with Gasteiger partial charge in [-0.3, -0.25) is 4.18 Å². The summed E-state index contributed by atoms with van der Waals surface area (Å²) < 4.78 is 34.5. The molecule has 0 spiro atoms. The second-order valence-corrected chi connectivity index (χ2v) is 10.9. The van der Waals surface area contributed by atoms with E-state index in [0.29, 0.717) is 24.4 Å². The third kappa shape index (κ3) is 4.01. The average molecular weight is 442 g/mol. The Hall–Kier alpha value is -1.89. The largest absolute Gasteiger partial charge is 0.489 e. The van der Waals surface area contributed by atoms with Crippen molar-refractivity contribution in [2.75, 3.05) is 0 Å². The molecule has 2 aromatic rings. The first-order valence-electron chi connectivity index (χ1n) is 11.3. The monoisotopic (exact) mass is 441 g/mol. The topological polar surface area (TPSA) is 78.6 Å². The highest BCUT2D eigenvalue weighted by Crippen LogP contribution is 2.61. The van der Waals surface area contributed by atoms with Crippen LogP contribution in [0.2, 0.25) is 0 Å². The summed E-state index contributed by atoms with van der Waals surface area (Å²) in [5.41, 5.74) is 3.93. The van der Waals surface area contributed by atoms with Crippen LogP contribution in [0.5, 0.6) is 5.75 Å². The van der Waals surface area contributed by atoms with Crippen LogP contribution >= 0.6 is 0 Å². The second kappa shape index (κ2) is 7.91. The van der Waals surface area contributed by atoms with Gasteiger partial charge in [0.15, 0.2) is 0 Å². The first-order chi connectivity index (χ1) is 14.8. The maximum absolute atomic E-state index is 11.6. The van der Waals surface area contributed by atoms with Crippen LogP contribution in [-0.2, 0) is 27.5 Å². The fraction of sp³-hybridized carbons (Fsp3) is 0.520. The van der Waals surface area contributed by atoms with Crippen molar-refractivity contribution in [3.63, 3.8) is 0 Å². The van der Waals surface area contributed by atoms with Crippen molar-refractivity contribution in [3.05, 3.63) is 65.2 Å². The molecule has 31 heavy (non-hydrogen) atoms. The van der Waals surface area contributed by atoms with Gasteiger partial charge >= 0.3 is 10.3 Å². The highest BCUT2D eigenvalue weighted by Gasteiger charge is 2.56. The van der Waals surface area contributed by atoms with Crippen molar-refractivity contribution in [1.82, 2.24) is 0 Å². The zero-order valence-electron chi connectivity index (χ0n) is 18.0. The second-order valence-electron chi connectivity index (χ2n) is 9.75. The van der Waals surface area contributed by atoms with Crippen LogP contribution in [0, 0.1) is 17.3 Å². The predicted molar refractivity (Wildman–Crippen MR) is 120 cm³/mol. The number of aryl methyl sites for hydroxylation is 1. The molecule has 5 rings (SSSR count). The van der Waals surface area contributed by atoms with E-state index >= 15 is 0 Å². The molecular formula is C25H31NO4S. The van der Waals surface area contributed by atoms with Crippen LogP contribution < -0.4 is 9.88 Å². The van der Waals surface area contributed by atoms with E-state index in [9.17, 15) is 8.42 Å². The van der Waals surface area contributed by atoms with Gasteiger partial charge in [-0.05, 0) is 90.5 Å². The summed E-state index contributed by atoms with van der Waals surface area (Å²) in [6.45, 7) is 2.80. The number of hydrogen-bond donors (Lipinski definition) is 1. The van der Waals surface area contributed by atoms with Gasteiger partial charge in [0.1, 0.15) is 12.4 Å². The van der Waals surface area contributed by atoms with Crippen LogP contribution in [0.4, 0.5) is 0 Å². The first kappa shape index (κ1) is 21.0. The molecule has 2 saturated carbocycles. The molecule has 0 radical (unpaired) electrons. The Bertz CT molecular complexity index is 1050. The van der Waals surface area contributed by atoms with E-state index < -0.39 is 10.3 Å². The molecule has 0 bridgehead atoms. The van der Waals surface area contributed by atoms with E-state index in [0.717, 1.165) is 44.3 Å². The lowest BCUT2D eigenvalue weighted by atomic mass is 9.55. The van der Waals surface area contributed by atoms with E-state index in [1.165, 1.54) is 16.7 Å². The van der Waals surface area contributed by atoms with Crippen molar-refractivity contribution < 1.29 is 17.3 Å². The smallest absolute Gasteiger partial charge is 0.333 e. The van der Waals surface area contributed by atoms with Crippen LogP contribution in [-0.4, -0.2) is 14.5 Å². The fourth-order valence-corrected chi connectivity index (χ4v) is 7.30. The van der Waals surface area contributed by atoms with Crippen molar-refractivity contribution in [2.45, 2.75) is 64.1 Å². The van der Waals surface area contributed by atoms with Gasteiger partial charge in [-0.1, -0.05) is 43.3 Å². The Morgan fingerprint density at radius 3 is 2.65 bits per heavy atom. The predicted octanol–water partition coefficient (Wildman–Crippen LogP) is 4.71. The molecule has 2 aromatic carbocycles. The minimum Gasteiger partial charge on any atom is -0.489 e. The molecule has 0 aromatic heterocycles. The normalized spacial score (nSPS) is 32.1. The molecule has 5 atom stereocenters. The summed E-state index contributed by atoms with van der Waals surface area (Å²) in [6.07, 6.45) is 5.74. The lowest BCUT2D eigenvalue weighted by Gasteiger charge is -2.50. The maximum Gasteiger partial charge on any atom is 0.333 e. The molecule has 166 valence electrons. The van der Waals surface area contributed by atoms with E-state index in [2.05, 4.69) is 37.3 Å². The molecule has 2 fully saturated rings. The standard InChI is InChI=1S/C25H31NO4S/c1-25-14-13-21-20-10-8-19(29-16-17-5-3-2-4-6-17)15-18(20)7-9-22(21)23(25)11-12-24(25)30-31(26,27)28/h2-6,8,10,15,21-24H,7,9,11-14,16H2,1H3,(H2,26,27,28)/t21-,22-,23+,24-,25+/m1/s1. The number of benzene rings is 2. The molecule has 0 unspecified atom stereocenters. The molecular weight excluding hydrogens is 410 g/mol. The van der Waals surface area contributed by atoms with Crippen LogP contribution in [0.1, 0.15) is 61.6 Å². The minimum atomic E-state index is -3.92. The van der Waals surface area contributed by atoms with Gasteiger partial charge in [-0.15, -0.1) is 0 Å². The van der Waals surface area contributed by atoms with Crippen molar-refractivity contribution in [1.29, 1.82) is 0 Å². The van der Waals surface area contributed by atoms with Crippen molar-refractivity contribution in [2.24, 2.45) is 22.4 Å². The maximum atomic E-state index is 11.6. The summed E-state index contributed by atoms with van der Waals surface area (Å²) in [5, 5.41) is 5.21. The molecule has 0 saturated heterocycles. The molecule has 6 heteroatoms.